The van der Waals surface area contributed by atoms with Crippen molar-refractivity contribution in [2.24, 2.45) is 0 Å². The highest BCUT2D eigenvalue weighted by Gasteiger charge is 2.30. The van der Waals surface area contributed by atoms with E-state index >= 15 is 0 Å². The van der Waals surface area contributed by atoms with Crippen LogP contribution in [-0.2, 0) is 17.4 Å². The molecule has 2 aromatic heterocycles. The van der Waals surface area contributed by atoms with E-state index in [0.29, 0.717) is 36.8 Å². The van der Waals surface area contributed by atoms with Crippen LogP contribution in [0.25, 0.3) is 11.4 Å². The van der Waals surface area contributed by atoms with Gasteiger partial charge in [-0.1, -0.05) is 41.9 Å². The zero-order chi connectivity index (χ0) is 29.0. The number of pyridine rings is 1. The number of carboxylic acids is 1. The van der Waals surface area contributed by atoms with Gasteiger partial charge in [-0.25, -0.2) is 9.78 Å². The summed E-state index contributed by atoms with van der Waals surface area (Å²) in [5, 5.41) is 13.3. The number of rotatable bonds is 8. The molecule has 4 aromatic rings. The highest BCUT2D eigenvalue weighted by molar-refractivity contribution is 6.30. The van der Waals surface area contributed by atoms with Crippen molar-refractivity contribution in [2.45, 2.75) is 18.6 Å². The molecule has 3 heterocycles. The molecule has 41 heavy (non-hydrogen) atoms. The smallest absolute Gasteiger partial charge is 0.416 e. The van der Waals surface area contributed by atoms with Crippen LogP contribution in [0.5, 0.6) is 0 Å². The van der Waals surface area contributed by atoms with E-state index in [2.05, 4.69) is 30.2 Å². The Bertz CT molecular complexity index is 1480. The molecular formula is C28H25ClF3N7O2. The Balaban J connectivity index is 1.43. The Morgan fingerprint density at radius 2 is 1.61 bits per heavy atom. The van der Waals surface area contributed by atoms with E-state index in [0.717, 1.165) is 23.5 Å². The Labute approximate surface area is 238 Å². The van der Waals surface area contributed by atoms with Crippen LogP contribution in [-0.4, -0.2) is 63.2 Å². The average Bonchev–Trinajstić information content (AvgIpc) is 2.98. The van der Waals surface area contributed by atoms with E-state index in [9.17, 15) is 23.1 Å². The summed E-state index contributed by atoms with van der Waals surface area (Å²) in [5.41, 5.74) is 0.270. The van der Waals surface area contributed by atoms with E-state index in [-0.39, 0.29) is 24.1 Å². The molecule has 2 aromatic carbocycles. The fourth-order valence-electron chi connectivity index (χ4n) is 4.40. The maximum atomic E-state index is 13.1. The summed E-state index contributed by atoms with van der Waals surface area (Å²) in [6.07, 6.45) is -2.64. The van der Waals surface area contributed by atoms with Crippen molar-refractivity contribution < 1.29 is 23.1 Å². The molecule has 5 rings (SSSR count). The lowest BCUT2D eigenvalue weighted by Gasteiger charge is -2.35. The van der Waals surface area contributed by atoms with Crippen LogP contribution in [0.2, 0.25) is 5.02 Å². The summed E-state index contributed by atoms with van der Waals surface area (Å²) in [6, 6.07) is 15.9. The van der Waals surface area contributed by atoms with Crippen LogP contribution >= 0.6 is 11.6 Å². The number of hydrogen-bond acceptors (Lipinski definition) is 8. The van der Waals surface area contributed by atoms with E-state index in [4.69, 9.17) is 11.6 Å². The predicted octanol–water partition coefficient (Wildman–Crippen LogP) is 5.04. The molecule has 2 N–H and O–H groups in total. The van der Waals surface area contributed by atoms with E-state index < -0.39 is 23.8 Å². The molecule has 0 aliphatic carbocycles. The average molecular weight is 584 g/mol. The predicted molar refractivity (Wildman–Crippen MR) is 149 cm³/mol. The fraction of sp³-hybridized carbons (Fsp3) is 0.250. The molecule has 0 amide bonds. The van der Waals surface area contributed by atoms with Crippen molar-refractivity contribution in [1.29, 1.82) is 0 Å². The Morgan fingerprint density at radius 1 is 0.927 bits per heavy atom. The van der Waals surface area contributed by atoms with Gasteiger partial charge in [0.2, 0.25) is 11.9 Å². The SMILES string of the molecule is O=C(O)C(Cc1ccc(Cl)cc1)Nc1nc(-c2ccc(C(F)(F)F)cc2)nc(N2CCN(c3ccccn3)CC2)n1. The third-order valence-corrected chi connectivity index (χ3v) is 6.84. The topological polar surface area (TPSA) is 107 Å². The number of piperazine rings is 1. The molecule has 9 nitrogen and oxygen atoms in total. The van der Waals surface area contributed by atoms with Crippen LogP contribution in [0.3, 0.4) is 0 Å². The number of anilines is 3. The second kappa shape index (κ2) is 12.0. The first kappa shape index (κ1) is 28.1. The van der Waals surface area contributed by atoms with Crippen molar-refractivity contribution in [3.63, 3.8) is 0 Å². The van der Waals surface area contributed by atoms with Gasteiger partial charge in [0.05, 0.1) is 5.56 Å². The van der Waals surface area contributed by atoms with Gasteiger partial charge in [-0.05, 0) is 42.0 Å². The lowest BCUT2D eigenvalue weighted by atomic mass is 10.1. The van der Waals surface area contributed by atoms with Gasteiger partial charge >= 0.3 is 12.1 Å². The number of aliphatic carboxylic acids is 1. The number of hydrogen-bond donors (Lipinski definition) is 2. The first-order valence-corrected chi connectivity index (χ1v) is 13.1. The van der Waals surface area contributed by atoms with E-state index in [1.54, 1.807) is 30.5 Å². The maximum absolute atomic E-state index is 13.1. The van der Waals surface area contributed by atoms with Crippen molar-refractivity contribution in [3.8, 4) is 11.4 Å². The lowest BCUT2D eigenvalue weighted by molar-refractivity contribution is -0.138. The third-order valence-electron chi connectivity index (χ3n) is 6.58. The van der Waals surface area contributed by atoms with Gasteiger partial charge in [-0.3, -0.25) is 0 Å². The summed E-state index contributed by atoms with van der Waals surface area (Å²) in [7, 11) is 0. The molecule has 212 valence electrons. The quantitative estimate of drug-likeness (QED) is 0.295. The van der Waals surface area contributed by atoms with Crippen molar-refractivity contribution in [2.75, 3.05) is 41.3 Å². The number of carboxylic acid groups (broad SMARTS) is 1. The number of carbonyl (C=O) groups is 1. The molecule has 0 radical (unpaired) electrons. The molecule has 1 atom stereocenters. The molecule has 0 saturated carbocycles. The van der Waals surface area contributed by atoms with Crippen LogP contribution in [0, 0.1) is 0 Å². The second-order valence-corrected chi connectivity index (χ2v) is 9.82. The fourth-order valence-corrected chi connectivity index (χ4v) is 4.52. The van der Waals surface area contributed by atoms with Gasteiger partial charge in [-0.2, -0.15) is 28.1 Å². The zero-order valence-electron chi connectivity index (χ0n) is 21.6. The summed E-state index contributed by atoms with van der Waals surface area (Å²) in [4.78, 5) is 34.0. The molecule has 1 unspecified atom stereocenters. The minimum Gasteiger partial charge on any atom is -0.480 e. The van der Waals surface area contributed by atoms with Gasteiger partial charge in [0.1, 0.15) is 11.9 Å². The van der Waals surface area contributed by atoms with Crippen LogP contribution in [0.1, 0.15) is 11.1 Å². The molecule has 0 bridgehead atoms. The zero-order valence-corrected chi connectivity index (χ0v) is 22.3. The standard InChI is InChI=1S/C28H25ClF3N7O2/c29-21-10-4-18(5-11-21)17-22(25(40)41)34-26-35-24(19-6-8-20(9-7-19)28(30,31)32)36-27(37-26)39-15-13-38(14-16-39)23-3-1-2-12-33-23/h1-12,22H,13-17H2,(H,40,41)(H,34,35,36,37). The number of nitrogens with zero attached hydrogens (tertiary/aromatic N) is 6. The van der Waals surface area contributed by atoms with Crippen LogP contribution < -0.4 is 15.1 Å². The first-order chi connectivity index (χ1) is 19.7. The molecule has 1 aliphatic heterocycles. The lowest BCUT2D eigenvalue weighted by Crippen LogP contribution is -2.47. The third kappa shape index (κ3) is 7.01. The van der Waals surface area contributed by atoms with Gasteiger partial charge in [0, 0.05) is 49.4 Å². The minimum atomic E-state index is -4.49. The Hall–Kier alpha value is -4.45. The number of halogens is 4. The number of benzene rings is 2. The van der Waals surface area contributed by atoms with Gasteiger partial charge in [-0.15, -0.1) is 0 Å². The normalized spacial score (nSPS) is 14.5. The first-order valence-electron chi connectivity index (χ1n) is 12.7. The summed E-state index contributed by atoms with van der Waals surface area (Å²) in [5.74, 6) is 0.130. The van der Waals surface area contributed by atoms with Crippen molar-refractivity contribution >= 4 is 35.3 Å². The maximum Gasteiger partial charge on any atom is 0.416 e. The highest BCUT2D eigenvalue weighted by atomic mass is 35.5. The van der Waals surface area contributed by atoms with Crippen LogP contribution in [0.4, 0.5) is 30.9 Å². The molecule has 1 fully saturated rings. The minimum absolute atomic E-state index is 0.00147. The Morgan fingerprint density at radius 3 is 2.22 bits per heavy atom. The number of nitrogens with one attached hydrogen (secondary N) is 1. The van der Waals surface area contributed by atoms with Crippen LogP contribution in [0.15, 0.2) is 72.9 Å². The highest BCUT2D eigenvalue weighted by Crippen LogP contribution is 2.31. The second-order valence-electron chi connectivity index (χ2n) is 9.39. The van der Waals surface area contributed by atoms with Crippen molar-refractivity contribution in [3.05, 3.63) is 89.1 Å². The summed E-state index contributed by atoms with van der Waals surface area (Å²) in [6.45, 7) is 2.35. The number of aromatic nitrogens is 4. The number of alkyl halides is 3. The van der Waals surface area contributed by atoms with Gasteiger partial charge < -0.3 is 20.2 Å². The largest absolute Gasteiger partial charge is 0.480 e. The molecule has 1 saturated heterocycles. The molecule has 0 spiro atoms. The molecular weight excluding hydrogens is 559 g/mol. The van der Waals surface area contributed by atoms with Gasteiger partial charge in [0.25, 0.3) is 0 Å². The van der Waals surface area contributed by atoms with Gasteiger partial charge in [0.15, 0.2) is 5.82 Å². The molecule has 1 aliphatic rings. The summed E-state index contributed by atoms with van der Waals surface area (Å²) < 4.78 is 39.4. The van der Waals surface area contributed by atoms with Crippen molar-refractivity contribution in [1.82, 2.24) is 19.9 Å². The van der Waals surface area contributed by atoms with E-state index in [1.807, 2.05) is 23.1 Å². The van der Waals surface area contributed by atoms with E-state index in [1.165, 1.54) is 12.1 Å². The summed E-state index contributed by atoms with van der Waals surface area (Å²) >= 11 is 5.95. The monoisotopic (exact) mass is 583 g/mol. The molecule has 13 heteroatoms. The Kier molecular flexibility index (Phi) is 8.20.